The van der Waals surface area contributed by atoms with E-state index in [1.54, 1.807) is 14.1 Å². The number of hydrogen-bond donors (Lipinski definition) is 2. The van der Waals surface area contributed by atoms with E-state index < -0.39 is 16.1 Å². The molecule has 0 atom stereocenters. The Labute approximate surface area is 192 Å². The summed E-state index contributed by atoms with van der Waals surface area (Å²) in [6.07, 6.45) is 0. The Morgan fingerprint density at radius 3 is 2.00 bits per heavy atom. The second kappa shape index (κ2) is 9.82. The molecule has 168 valence electrons. The van der Waals surface area contributed by atoms with Crippen LogP contribution < -0.4 is 10.0 Å². The second-order valence-electron chi connectivity index (χ2n) is 8.06. The number of rotatable bonds is 6. The van der Waals surface area contributed by atoms with E-state index in [9.17, 15) is 18.0 Å². The molecule has 0 aliphatic heterocycles. The summed E-state index contributed by atoms with van der Waals surface area (Å²) in [5.74, 6) is -0.120. The molecule has 0 aromatic heterocycles. The number of benzene rings is 2. The van der Waals surface area contributed by atoms with Gasteiger partial charge in [-0.3, -0.25) is 4.79 Å². The van der Waals surface area contributed by atoms with Gasteiger partial charge < -0.3 is 10.2 Å². The molecule has 0 unspecified atom stereocenters. The van der Waals surface area contributed by atoms with Crippen molar-refractivity contribution in [3.05, 3.63) is 57.6 Å². The molecule has 0 fully saturated rings. The summed E-state index contributed by atoms with van der Waals surface area (Å²) >= 11 is 3.50. The Bertz CT molecular complexity index is 1070. The van der Waals surface area contributed by atoms with Crippen molar-refractivity contribution in [3.63, 3.8) is 0 Å². The third-order valence-electron chi connectivity index (χ3n) is 4.67. The van der Waals surface area contributed by atoms with Gasteiger partial charge >= 0.3 is 6.03 Å². The normalized spacial score (nSPS) is 11.5. The summed E-state index contributed by atoms with van der Waals surface area (Å²) in [4.78, 5) is 26.0. The molecule has 7 nitrogen and oxygen atoms in total. The Balaban J connectivity index is 2.35. The fourth-order valence-corrected chi connectivity index (χ4v) is 4.53. The highest BCUT2D eigenvalue weighted by Gasteiger charge is 2.22. The molecule has 2 rings (SSSR count). The number of anilines is 1. The van der Waals surface area contributed by atoms with Crippen LogP contribution in [0.25, 0.3) is 0 Å². The molecule has 2 aromatic carbocycles. The lowest BCUT2D eigenvalue weighted by Gasteiger charge is -2.21. The predicted molar refractivity (Wildman–Crippen MR) is 126 cm³/mol. The van der Waals surface area contributed by atoms with Gasteiger partial charge in [0.05, 0.1) is 4.90 Å². The standard InChI is InChI=1S/C22H28BrN3O4S/c1-13(2)18-11-16(23)12-19(14(3)4)20(18)24-22(28)25-31(29,30)17-9-7-8-15(10-17)21(27)26(5)6/h7-14H,1-6H3,(H2,24,25,28). The maximum atomic E-state index is 12.8. The largest absolute Gasteiger partial charge is 0.345 e. The van der Waals surface area contributed by atoms with Crippen LogP contribution in [0.3, 0.4) is 0 Å². The number of nitrogens with zero attached hydrogens (tertiary/aromatic N) is 1. The van der Waals surface area contributed by atoms with Gasteiger partial charge in [0.25, 0.3) is 15.9 Å². The first-order chi connectivity index (χ1) is 14.3. The third kappa shape index (κ3) is 6.07. The van der Waals surface area contributed by atoms with E-state index in [1.165, 1.54) is 29.2 Å². The minimum absolute atomic E-state index is 0.107. The fraction of sp³-hybridized carbons (Fsp3) is 0.364. The summed E-state index contributed by atoms with van der Waals surface area (Å²) in [5.41, 5.74) is 2.59. The van der Waals surface area contributed by atoms with Crippen molar-refractivity contribution in [1.29, 1.82) is 0 Å². The van der Waals surface area contributed by atoms with Gasteiger partial charge in [0.15, 0.2) is 0 Å². The first-order valence-electron chi connectivity index (χ1n) is 9.82. The van der Waals surface area contributed by atoms with Gasteiger partial charge in [-0.2, -0.15) is 0 Å². The molecule has 0 saturated carbocycles. The van der Waals surface area contributed by atoms with Gasteiger partial charge in [0.2, 0.25) is 0 Å². The minimum Gasteiger partial charge on any atom is -0.345 e. The molecule has 3 amide bonds. The highest BCUT2D eigenvalue weighted by atomic mass is 79.9. The molecule has 9 heteroatoms. The van der Waals surface area contributed by atoms with E-state index in [4.69, 9.17) is 0 Å². The van der Waals surface area contributed by atoms with Gasteiger partial charge in [-0.25, -0.2) is 17.9 Å². The van der Waals surface area contributed by atoms with Crippen LogP contribution in [0.1, 0.15) is 61.0 Å². The van der Waals surface area contributed by atoms with Crippen molar-refractivity contribution in [3.8, 4) is 0 Å². The number of carbonyl (C=O) groups is 2. The number of hydrogen-bond acceptors (Lipinski definition) is 4. The smallest absolute Gasteiger partial charge is 0.333 e. The molecule has 0 aliphatic carbocycles. The maximum Gasteiger partial charge on any atom is 0.333 e. The van der Waals surface area contributed by atoms with Crippen LogP contribution >= 0.6 is 15.9 Å². The minimum atomic E-state index is -4.18. The quantitative estimate of drug-likeness (QED) is 0.578. The molecule has 0 radical (unpaired) electrons. The molecule has 0 bridgehead atoms. The van der Waals surface area contributed by atoms with Crippen molar-refractivity contribution in [1.82, 2.24) is 9.62 Å². The van der Waals surface area contributed by atoms with E-state index >= 15 is 0 Å². The van der Waals surface area contributed by atoms with E-state index in [1.807, 2.05) is 44.5 Å². The summed E-state index contributed by atoms with van der Waals surface area (Å²) in [6, 6.07) is 8.53. The van der Waals surface area contributed by atoms with Crippen LogP contribution in [0.2, 0.25) is 0 Å². The zero-order valence-corrected chi connectivity index (χ0v) is 20.9. The zero-order chi connectivity index (χ0) is 23.5. The van der Waals surface area contributed by atoms with Crippen molar-refractivity contribution in [2.75, 3.05) is 19.4 Å². The van der Waals surface area contributed by atoms with E-state index in [2.05, 4.69) is 21.2 Å². The second-order valence-corrected chi connectivity index (χ2v) is 10.7. The lowest BCUT2D eigenvalue weighted by Crippen LogP contribution is -2.35. The molecular weight excluding hydrogens is 482 g/mol. The lowest BCUT2D eigenvalue weighted by atomic mass is 9.93. The summed E-state index contributed by atoms with van der Waals surface area (Å²) in [7, 11) is -1.03. The predicted octanol–water partition coefficient (Wildman–Crippen LogP) is 4.91. The number of carbonyl (C=O) groups excluding carboxylic acids is 2. The van der Waals surface area contributed by atoms with Crippen LogP contribution in [0, 0.1) is 0 Å². The van der Waals surface area contributed by atoms with Crippen LogP contribution in [0.4, 0.5) is 10.5 Å². The number of nitrogens with one attached hydrogen (secondary N) is 2. The Morgan fingerprint density at radius 2 is 1.52 bits per heavy atom. The molecule has 31 heavy (non-hydrogen) atoms. The molecule has 0 saturated heterocycles. The summed E-state index contributed by atoms with van der Waals surface area (Å²) in [5, 5.41) is 2.73. The van der Waals surface area contributed by atoms with Crippen LogP contribution in [0.15, 0.2) is 45.8 Å². The SMILES string of the molecule is CC(C)c1cc(Br)cc(C(C)C)c1NC(=O)NS(=O)(=O)c1cccc(C(=O)N(C)C)c1. The summed E-state index contributed by atoms with van der Waals surface area (Å²) in [6.45, 7) is 8.00. The Hall–Kier alpha value is -2.39. The number of halogens is 1. The lowest BCUT2D eigenvalue weighted by molar-refractivity contribution is 0.0827. The first-order valence-corrected chi connectivity index (χ1v) is 12.1. The first kappa shape index (κ1) is 24.9. The van der Waals surface area contributed by atoms with Crippen molar-refractivity contribution >= 4 is 43.6 Å². The molecular formula is C22H28BrN3O4S. The number of amides is 3. The van der Waals surface area contributed by atoms with Crippen LogP contribution in [0.5, 0.6) is 0 Å². The van der Waals surface area contributed by atoms with Crippen molar-refractivity contribution < 1.29 is 18.0 Å². The van der Waals surface area contributed by atoms with E-state index in [-0.39, 0.29) is 28.2 Å². The Kier molecular flexibility index (Phi) is 7.88. The molecule has 0 aliphatic rings. The molecule has 0 heterocycles. The zero-order valence-electron chi connectivity index (χ0n) is 18.5. The number of sulfonamides is 1. The topological polar surface area (TPSA) is 95.6 Å². The molecule has 2 N–H and O–H groups in total. The van der Waals surface area contributed by atoms with E-state index in [0.717, 1.165) is 15.6 Å². The van der Waals surface area contributed by atoms with Crippen LogP contribution in [-0.4, -0.2) is 39.4 Å². The highest BCUT2D eigenvalue weighted by molar-refractivity contribution is 9.10. The van der Waals surface area contributed by atoms with Gasteiger partial charge in [-0.1, -0.05) is 49.7 Å². The van der Waals surface area contributed by atoms with Crippen molar-refractivity contribution in [2.24, 2.45) is 0 Å². The average molecular weight is 510 g/mol. The maximum absolute atomic E-state index is 12.8. The highest BCUT2D eigenvalue weighted by Crippen LogP contribution is 2.35. The average Bonchev–Trinajstić information content (AvgIpc) is 2.67. The van der Waals surface area contributed by atoms with Crippen LogP contribution in [-0.2, 0) is 10.0 Å². The number of urea groups is 1. The monoisotopic (exact) mass is 509 g/mol. The fourth-order valence-electron chi connectivity index (χ4n) is 3.08. The van der Waals surface area contributed by atoms with Gasteiger partial charge in [-0.05, 0) is 53.3 Å². The van der Waals surface area contributed by atoms with E-state index in [0.29, 0.717) is 5.69 Å². The van der Waals surface area contributed by atoms with Gasteiger partial charge in [0.1, 0.15) is 0 Å². The molecule has 2 aromatic rings. The summed E-state index contributed by atoms with van der Waals surface area (Å²) < 4.78 is 28.5. The van der Waals surface area contributed by atoms with Gasteiger partial charge in [-0.15, -0.1) is 0 Å². The Morgan fingerprint density at radius 1 is 0.968 bits per heavy atom. The van der Waals surface area contributed by atoms with Crippen molar-refractivity contribution in [2.45, 2.75) is 44.4 Å². The molecule has 0 spiro atoms. The van der Waals surface area contributed by atoms with Gasteiger partial charge in [0, 0.05) is 29.8 Å². The third-order valence-corrected chi connectivity index (χ3v) is 6.46.